The lowest BCUT2D eigenvalue weighted by molar-refractivity contribution is 0.713. The van der Waals surface area contributed by atoms with E-state index in [1.54, 1.807) is 0 Å². The number of nitrogen functional groups attached to an aromatic ring is 1. The largest absolute Gasteiger partial charge is 0.384 e. The van der Waals surface area contributed by atoms with Crippen molar-refractivity contribution in [2.45, 2.75) is 40.2 Å². The van der Waals surface area contributed by atoms with Gasteiger partial charge in [-0.05, 0) is 13.3 Å². The average molecular weight is 167 g/mol. The van der Waals surface area contributed by atoms with Gasteiger partial charge < -0.3 is 10.3 Å². The summed E-state index contributed by atoms with van der Waals surface area (Å²) < 4.78 is 2.08. The summed E-state index contributed by atoms with van der Waals surface area (Å²) in [4.78, 5) is 4.46. The fourth-order valence-electron chi connectivity index (χ4n) is 1.45. The molecule has 3 nitrogen and oxygen atoms in total. The molecular weight excluding hydrogens is 150 g/mol. The van der Waals surface area contributed by atoms with Gasteiger partial charge in [0, 0.05) is 13.0 Å². The molecule has 3 heteroatoms. The topological polar surface area (TPSA) is 43.8 Å². The van der Waals surface area contributed by atoms with Gasteiger partial charge in [-0.15, -0.1) is 0 Å². The van der Waals surface area contributed by atoms with Crippen LogP contribution in [0, 0.1) is 0 Å². The van der Waals surface area contributed by atoms with Crippen LogP contribution in [0.2, 0.25) is 0 Å². The molecule has 0 spiro atoms. The predicted molar refractivity (Wildman–Crippen MR) is 51.1 cm³/mol. The van der Waals surface area contributed by atoms with Gasteiger partial charge in [0.15, 0.2) is 0 Å². The molecule has 0 bridgehead atoms. The number of nitrogens with zero attached hydrogens (tertiary/aromatic N) is 2. The maximum absolute atomic E-state index is 5.90. The Morgan fingerprint density at radius 1 is 1.25 bits per heavy atom. The summed E-state index contributed by atoms with van der Waals surface area (Å²) in [5, 5.41) is 0. The molecular formula is C9H17N3. The third kappa shape index (κ3) is 1.31. The van der Waals surface area contributed by atoms with Crippen molar-refractivity contribution in [1.29, 1.82) is 0 Å². The van der Waals surface area contributed by atoms with Crippen molar-refractivity contribution in [3.8, 4) is 0 Å². The number of anilines is 1. The summed E-state index contributed by atoms with van der Waals surface area (Å²) in [6, 6.07) is 0. The summed E-state index contributed by atoms with van der Waals surface area (Å²) in [7, 11) is 0. The standard InChI is InChI=1S/C9H17N3/c1-4-7-9(10)12(6-3)8(5-2)11-7/h4-6,10H2,1-3H3. The lowest BCUT2D eigenvalue weighted by Gasteiger charge is -2.03. The molecule has 0 saturated carbocycles. The average Bonchev–Trinajstić information content (AvgIpc) is 2.41. The molecule has 1 heterocycles. The minimum Gasteiger partial charge on any atom is -0.384 e. The molecule has 0 atom stereocenters. The Morgan fingerprint density at radius 3 is 2.25 bits per heavy atom. The first-order valence-electron chi connectivity index (χ1n) is 4.58. The molecule has 68 valence electrons. The second kappa shape index (κ2) is 3.61. The third-order valence-electron chi connectivity index (χ3n) is 2.13. The number of nitrogens with two attached hydrogens (primary N) is 1. The number of aromatic nitrogens is 2. The quantitative estimate of drug-likeness (QED) is 0.743. The molecule has 0 fully saturated rings. The molecule has 0 saturated heterocycles. The maximum atomic E-state index is 5.90. The minimum atomic E-state index is 0.844. The van der Waals surface area contributed by atoms with E-state index in [-0.39, 0.29) is 0 Å². The molecule has 12 heavy (non-hydrogen) atoms. The van der Waals surface area contributed by atoms with Crippen LogP contribution in [0.5, 0.6) is 0 Å². The van der Waals surface area contributed by atoms with E-state index in [1.165, 1.54) is 0 Å². The van der Waals surface area contributed by atoms with Gasteiger partial charge in [-0.25, -0.2) is 4.98 Å². The van der Waals surface area contributed by atoms with Gasteiger partial charge >= 0.3 is 0 Å². The summed E-state index contributed by atoms with van der Waals surface area (Å²) in [6.45, 7) is 7.20. The zero-order chi connectivity index (χ0) is 9.14. The molecule has 1 aromatic heterocycles. The van der Waals surface area contributed by atoms with Crippen LogP contribution in [0.25, 0.3) is 0 Å². The summed E-state index contributed by atoms with van der Waals surface area (Å²) in [6.07, 6.45) is 1.88. The van der Waals surface area contributed by atoms with E-state index in [0.717, 1.165) is 36.7 Å². The number of hydrogen-bond acceptors (Lipinski definition) is 2. The van der Waals surface area contributed by atoms with E-state index in [4.69, 9.17) is 5.73 Å². The highest BCUT2D eigenvalue weighted by molar-refractivity contribution is 5.38. The summed E-state index contributed by atoms with van der Waals surface area (Å²) in [5.41, 5.74) is 6.94. The summed E-state index contributed by atoms with van der Waals surface area (Å²) in [5.74, 6) is 1.95. The number of hydrogen-bond donors (Lipinski definition) is 1. The van der Waals surface area contributed by atoms with Crippen molar-refractivity contribution in [3.05, 3.63) is 11.5 Å². The highest BCUT2D eigenvalue weighted by atomic mass is 15.1. The first-order valence-corrected chi connectivity index (χ1v) is 4.58. The summed E-state index contributed by atoms with van der Waals surface area (Å²) >= 11 is 0. The van der Waals surface area contributed by atoms with E-state index in [9.17, 15) is 0 Å². The Hall–Kier alpha value is -0.990. The van der Waals surface area contributed by atoms with Gasteiger partial charge in [-0.3, -0.25) is 0 Å². The van der Waals surface area contributed by atoms with Crippen molar-refractivity contribution in [2.75, 3.05) is 5.73 Å². The van der Waals surface area contributed by atoms with Crippen LogP contribution < -0.4 is 5.73 Å². The van der Waals surface area contributed by atoms with Gasteiger partial charge in [-0.1, -0.05) is 13.8 Å². The Bertz CT molecular complexity index is 263. The van der Waals surface area contributed by atoms with Gasteiger partial charge in [0.05, 0.1) is 5.69 Å². The Morgan fingerprint density at radius 2 is 1.92 bits per heavy atom. The van der Waals surface area contributed by atoms with Crippen LogP contribution in [-0.4, -0.2) is 9.55 Å². The second-order valence-electron chi connectivity index (χ2n) is 2.81. The molecule has 0 aliphatic rings. The predicted octanol–water partition coefficient (Wildman–Crippen LogP) is 1.61. The van der Waals surface area contributed by atoms with E-state index < -0.39 is 0 Å². The van der Waals surface area contributed by atoms with Crippen LogP contribution in [0.1, 0.15) is 32.3 Å². The van der Waals surface area contributed by atoms with Crippen LogP contribution in [0.4, 0.5) is 5.82 Å². The second-order valence-corrected chi connectivity index (χ2v) is 2.81. The van der Waals surface area contributed by atoms with Gasteiger partial charge in [-0.2, -0.15) is 0 Å². The first-order chi connectivity index (χ1) is 5.74. The lowest BCUT2D eigenvalue weighted by Crippen LogP contribution is -2.04. The fraction of sp³-hybridized carbons (Fsp3) is 0.667. The zero-order valence-electron chi connectivity index (χ0n) is 8.09. The Balaban J connectivity index is 3.13. The molecule has 0 aliphatic carbocycles. The van der Waals surface area contributed by atoms with Gasteiger partial charge in [0.2, 0.25) is 0 Å². The SMILES string of the molecule is CCc1nc(CC)n(CC)c1N. The van der Waals surface area contributed by atoms with Crippen molar-refractivity contribution < 1.29 is 0 Å². The molecule has 0 radical (unpaired) electrons. The van der Waals surface area contributed by atoms with Crippen LogP contribution in [0.15, 0.2) is 0 Å². The molecule has 0 aliphatic heterocycles. The van der Waals surface area contributed by atoms with Crippen LogP contribution in [0.3, 0.4) is 0 Å². The third-order valence-corrected chi connectivity index (χ3v) is 2.13. The monoisotopic (exact) mass is 167 g/mol. The first kappa shape index (κ1) is 9.10. The maximum Gasteiger partial charge on any atom is 0.126 e. The smallest absolute Gasteiger partial charge is 0.126 e. The Labute approximate surface area is 73.6 Å². The Kier molecular flexibility index (Phi) is 2.74. The molecule has 1 rings (SSSR count). The van der Waals surface area contributed by atoms with Gasteiger partial charge in [0.1, 0.15) is 11.6 Å². The van der Waals surface area contributed by atoms with Crippen LogP contribution >= 0.6 is 0 Å². The van der Waals surface area contributed by atoms with Crippen molar-refractivity contribution >= 4 is 5.82 Å². The highest BCUT2D eigenvalue weighted by Gasteiger charge is 2.09. The van der Waals surface area contributed by atoms with Crippen molar-refractivity contribution in [2.24, 2.45) is 0 Å². The van der Waals surface area contributed by atoms with Crippen molar-refractivity contribution in [1.82, 2.24) is 9.55 Å². The molecule has 0 amide bonds. The van der Waals surface area contributed by atoms with Gasteiger partial charge in [0.25, 0.3) is 0 Å². The molecule has 1 aromatic rings. The lowest BCUT2D eigenvalue weighted by atomic mass is 10.3. The number of imidazole rings is 1. The normalized spacial score (nSPS) is 10.6. The zero-order valence-corrected chi connectivity index (χ0v) is 8.09. The van der Waals surface area contributed by atoms with E-state index in [0.29, 0.717) is 0 Å². The number of rotatable bonds is 3. The minimum absolute atomic E-state index is 0.844. The number of aryl methyl sites for hydroxylation is 2. The van der Waals surface area contributed by atoms with Crippen molar-refractivity contribution in [3.63, 3.8) is 0 Å². The highest BCUT2D eigenvalue weighted by Crippen LogP contribution is 2.15. The fourth-order valence-corrected chi connectivity index (χ4v) is 1.45. The van der Waals surface area contributed by atoms with E-state index in [1.807, 2.05) is 0 Å². The molecule has 2 N–H and O–H groups in total. The molecule has 0 unspecified atom stereocenters. The molecule has 0 aromatic carbocycles. The van der Waals surface area contributed by atoms with Crippen LogP contribution in [-0.2, 0) is 19.4 Å². The van der Waals surface area contributed by atoms with E-state index in [2.05, 4.69) is 30.3 Å². The van der Waals surface area contributed by atoms with E-state index >= 15 is 0 Å².